The van der Waals surface area contributed by atoms with Crippen LogP contribution in [0.25, 0.3) is 24.3 Å². The first-order chi connectivity index (χ1) is 27.7. The van der Waals surface area contributed by atoms with E-state index in [0.29, 0.717) is 44.5 Å². The van der Waals surface area contributed by atoms with E-state index in [9.17, 15) is 29.6 Å². The Hall–Kier alpha value is -6.42. The molecule has 5 aromatic rings. The number of amides is 2. The summed E-state index contributed by atoms with van der Waals surface area (Å²) in [6, 6.07) is 3.36. The maximum atomic E-state index is 13.6. The Labute approximate surface area is 334 Å². The molecule has 0 saturated carbocycles. The fourth-order valence-electron chi connectivity index (χ4n) is 7.59. The molecule has 1 atom stereocenters. The normalized spacial score (nSPS) is 12.5. The number of carboxylic acids is 1. The molecule has 1 unspecified atom stereocenters. The average Bonchev–Trinajstić information content (AvgIpc) is 3.95. The molecule has 5 aromatic heterocycles. The van der Waals surface area contributed by atoms with Gasteiger partial charge in [0.25, 0.3) is 0 Å². The van der Waals surface area contributed by atoms with Crippen molar-refractivity contribution in [1.29, 1.82) is 0 Å². The maximum Gasteiger partial charge on any atom is 0.342 e. The number of rotatable bonds is 16. The number of aryl methyl sites for hydroxylation is 3. The Morgan fingerprint density at radius 1 is 0.862 bits per heavy atom. The van der Waals surface area contributed by atoms with Crippen molar-refractivity contribution in [3.8, 4) is 0 Å². The van der Waals surface area contributed by atoms with Crippen molar-refractivity contribution in [2.24, 2.45) is 5.73 Å². The highest BCUT2D eigenvalue weighted by Crippen LogP contribution is 2.22. The molecule has 306 valence electrons. The number of hydrogen-bond acceptors (Lipinski definition) is 7. The fourth-order valence-corrected chi connectivity index (χ4v) is 7.59. The van der Waals surface area contributed by atoms with Crippen LogP contribution in [0.3, 0.4) is 0 Å². The van der Waals surface area contributed by atoms with Crippen LogP contribution < -0.4 is 37.8 Å². The van der Waals surface area contributed by atoms with Crippen molar-refractivity contribution in [2.45, 2.75) is 92.2 Å². The minimum atomic E-state index is -0.886. The summed E-state index contributed by atoms with van der Waals surface area (Å²) in [6.07, 6.45) is 11.8. The third-order valence-electron chi connectivity index (χ3n) is 10.9. The van der Waals surface area contributed by atoms with Gasteiger partial charge in [-0.1, -0.05) is 0 Å². The molecule has 2 amide bonds. The van der Waals surface area contributed by atoms with Gasteiger partial charge in [-0.3, -0.25) is 14.4 Å². The highest BCUT2D eigenvalue weighted by Gasteiger charge is 2.23. The number of imidazole rings is 1. The molecule has 6 rings (SSSR count). The van der Waals surface area contributed by atoms with E-state index in [4.69, 9.17) is 5.73 Å². The Balaban J connectivity index is 1.31. The van der Waals surface area contributed by atoms with Gasteiger partial charge in [0.1, 0.15) is 18.8 Å². The highest BCUT2D eigenvalue weighted by atomic mass is 16.6. The summed E-state index contributed by atoms with van der Waals surface area (Å²) in [6.45, 7) is 10.5. The molecule has 0 radical (unpaired) electrons. The fraction of sp³-hybridized carbons (Fsp3) is 0.381. The first-order valence-electron chi connectivity index (χ1n) is 19.6. The molecule has 0 spiro atoms. The van der Waals surface area contributed by atoms with Gasteiger partial charge in [0.05, 0.1) is 6.54 Å². The first-order valence-corrected chi connectivity index (χ1v) is 19.6. The number of aliphatic carboxylic acids is 1. The number of aromatic nitrogens is 6. The van der Waals surface area contributed by atoms with E-state index in [-0.39, 0.29) is 43.6 Å². The number of H-pyrrole nitrogens is 4. The molecule has 16 nitrogen and oxygen atoms in total. The van der Waals surface area contributed by atoms with Crippen molar-refractivity contribution in [3.05, 3.63) is 112 Å². The number of aromatic amines is 4. The lowest BCUT2D eigenvalue weighted by Crippen LogP contribution is -2.47. The summed E-state index contributed by atoms with van der Waals surface area (Å²) >= 11 is 0. The zero-order chi connectivity index (χ0) is 41.7. The molecular formula is C42H52N10O6. The zero-order valence-electron chi connectivity index (χ0n) is 33.6. The second kappa shape index (κ2) is 17.8. The van der Waals surface area contributed by atoms with Gasteiger partial charge < -0.3 is 51.5 Å². The van der Waals surface area contributed by atoms with Crippen LogP contribution in [-0.2, 0) is 33.8 Å². The lowest BCUT2D eigenvalue weighted by Gasteiger charge is -2.18. The Morgan fingerprint density at radius 3 is 2.36 bits per heavy atom. The van der Waals surface area contributed by atoms with Crippen LogP contribution >= 0.6 is 0 Å². The van der Waals surface area contributed by atoms with E-state index >= 15 is 0 Å². The number of nitrogens with zero attached hydrogens (tertiary/aromatic N) is 3. The minimum Gasteiger partial charge on any atom is -0.481 e. The number of carbonyl (C=O) groups excluding carboxylic acids is 2. The van der Waals surface area contributed by atoms with E-state index < -0.39 is 16.9 Å². The highest BCUT2D eigenvalue weighted by molar-refractivity contribution is 5.87. The second-order valence-electron chi connectivity index (χ2n) is 15.0. The summed E-state index contributed by atoms with van der Waals surface area (Å²) in [5.74, 6) is -1.28. The van der Waals surface area contributed by atoms with Crippen LogP contribution in [0.15, 0.2) is 18.3 Å². The molecular weight excluding hydrogens is 741 g/mol. The molecule has 1 aliphatic rings. The first kappa shape index (κ1) is 41.2. The third kappa shape index (κ3) is 9.40. The van der Waals surface area contributed by atoms with Crippen molar-refractivity contribution >= 4 is 47.9 Å². The number of hydrogen-bond donors (Lipinski definition) is 8. The number of fused-ring (bicyclic) bond motifs is 8. The average molecular weight is 793 g/mol. The predicted octanol–water partition coefficient (Wildman–Crippen LogP) is 1.65. The summed E-state index contributed by atoms with van der Waals surface area (Å²) in [4.78, 5) is 67.9. The topological polar surface area (TPSA) is 246 Å². The van der Waals surface area contributed by atoms with Gasteiger partial charge in [0.15, 0.2) is 5.82 Å². The molecule has 0 aliphatic carbocycles. The van der Waals surface area contributed by atoms with Crippen LogP contribution in [-0.4, -0.2) is 76.4 Å². The van der Waals surface area contributed by atoms with Gasteiger partial charge in [-0.2, -0.15) is 0 Å². The van der Waals surface area contributed by atoms with Crippen molar-refractivity contribution in [2.75, 3.05) is 13.1 Å². The molecule has 9 N–H and O–H groups in total. The van der Waals surface area contributed by atoms with Crippen LogP contribution in [0.4, 0.5) is 5.82 Å². The standard InChI is InChI=1S/C42H52N10O6/c1-23-16-29-19-35-25(3)30(9-11-39(53)50-32(8-6-7-13-43)42(56)44-14-15-51-27(5)45-22-40(51)52(57)58)37(48-35)21-38-31(10-12-41(54)55)26(4)36(49-38)20-34-24(2)17-28(47-34)18-33(23)46-29/h16-22,32,46-49H,6-15,43H2,1-5H3,(H,44,56)(H,50,53)(H,54,55). The Morgan fingerprint density at radius 2 is 1.62 bits per heavy atom. The summed E-state index contributed by atoms with van der Waals surface area (Å²) in [5, 5.41) is 30.3. The van der Waals surface area contributed by atoms with E-state index in [1.807, 2.05) is 32.9 Å². The Bertz CT molecular complexity index is 2620. The molecule has 58 heavy (non-hydrogen) atoms. The van der Waals surface area contributed by atoms with Crippen LogP contribution in [0, 0.1) is 44.7 Å². The van der Waals surface area contributed by atoms with Gasteiger partial charge in [0, 0.05) is 63.9 Å². The van der Waals surface area contributed by atoms with Gasteiger partial charge in [0.2, 0.25) is 11.8 Å². The van der Waals surface area contributed by atoms with E-state index in [1.165, 1.54) is 10.8 Å². The molecule has 6 heterocycles. The van der Waals surface area contributed by atoms with Gasteiger partial charge in [-0.05, 0) is 141 Å². The van der Waals surface area contributed by atoms with Crippen LogP contribution in [0.2, 0.25) is 0 Å². The number of nitrogens with one attached hydrogen (secondary N) is 6. The van der Waals surface area contributed by atoms with Crippen molar-refractivity contribution < 1.29 is 24.4 Å². The smallest absolute Gasteiger partial charge is 0.342 e. The van der Waals surface area contributed by atoms with Gasteiger partial charge >= 0.3 is 11.8 Å². The second-order valence-corrected chi connectivity index (χ2v) is 15.0. The van der Waals surface area contributed by atoms with Crippen molar-refractivity contribution in [1.82, 2.24) is 40.1 Å². The molecule has 0 aromatic carbocycles. The molecule has 1 aliphatic heterocycles. The van der Waals surface area contributed by atoms with E-state index in [0.717, 1.165) is 77.6 Å². The number of nitrogens with two attached hydrogens (primary N) is 1. The van der Waals surface area contributed by atoms with Crippen molar-refractivity contribution in [3.63, 3.8) is 0 Å². The molecule has 0 saturated heterocycles. The SMILES string of the molecule is Cc1cc2[nH]c1C=c1cc(C)c([nH]1)=Cc1[nH]c(c(CCC(=O)O)c1C)C=c1[nH]c(c(C)c1CCC(=O)NC(CCCCN)C(=O)NCCn1c([N+](=O)[O-])cnc1C)=C2. The van der Waals surface area contributed by atoms with E-state index in [1.54, 1.807) is 6.92 Å². The number of unbranched alkanes of at least 4 members (excludes halogenated alkanes) is 1. The Kier molecular flexibility index (Phi) is 12.6. The summed E-state index contributed by atoms with van der Waals surface area (Å²) < 4.78 is 1.42. The van der Waals surface area contributed by atoms with Gasteiger partial charge in [-0.15, -0.1) is 0 Å². The number of carboxylic acid groups (broad SMARTS) is 1. The number of nitro groups is 1. The summed E-state index contributed by atoms with van der Waals surface area (Å²) in [5.41, 5.74) is 15.1. The zero-order valence-corrected chi connectivity index (χ0v) is 33.6. The molecule has 0 fully saturated rings. The minimum absolute atomic E-state index is 0.0349. The quantitative estimate of drug-likeness (QED) is 0.0406. The monoisotopic (exact) mass is 792 g/mol. The number of carbonyl (C=O) groups is 3. The van der Waals surface area contributed by atoms with E-state index in [2.05, 4.69) is 66.8 Å². The van der Waals surface area contributed by atoms with Gasteiger partial charge in [-0.25, -0.2) is 9.55 Å². The van der Waals surface area contributed by atoms with Crippen LogP contribution in [0.1, 0.15) is 94.1 Å². The predicted molar refractivity (Wildman–Crippen MR) is 221 cm³/mol. The maximum absolute atomic E-state index is 13.6. The largest absolute Gasteiger partial charge is 0.481 e. The lowest BCUT2D eigenvalue weighted by molar-refractivity contribution is -0.392. The lowest BCUT2D eigenvalue weighted by atomic mass is 10.0. The van der Waals surface area contributed by atoms with Crippen LogP contribution in [0.5, 0.6) is 0 Å². The third-order valence-corrected chi connectivity index (χ3v) is 10.9. The molecule has 8 bridgehead atoms. The summed E-state index contributed by atoms with van der Waals surface area (Å²) in [7, 11) is 0. The molecule has 16 heteroatoms.